The summed E-state index contributed by atoms with van der Waals surface area (Å²) in [5.74, 6) is 0. The number of nitrogens with one attached hydrogen (secondary N) is 1. The maximum atomic E-state index is 5.94. The number of aromatic nitrogens is 1. The van der Waals surface area contributed by atoms with Crippen LogP contribution in [0.2, 0.25) is 10.0 Å². The largest absolute Gasteiger partial charge is 0.354 e. The predicted molar refractivity (Wildman–Crippen MR) is 61.4 cm³/mol. The predicted octanol–water partition coefficient (Wildman–Crippen LogP) is 3.67. The molecule has 0 amide bonds. The molecule has 3 rings (SSSR count). The number of benzene rings is 2. The second-order valence-electron chi connectivity index (χ2n) is 3.52. The Morgan fingerprint density at radius 3 is 2.40 bits per heavy atom. The van der Waals surface area contributed by atoms with Crippen LogP contribution in [-0.4, -0.2) is 4.98 Å². The van der Waals surface area contributed by atoms with E-state index in [-0.39, 0.29) is 0 Å². The van der Waals surface area contributed by atoms with Crippen LogP contribution in [0, 0.1) is 11.6 Å². The number of aromatic amines is 1. The molecule has 3 aromatic rings. The van der Waals surface area contributed by atoms with E-state index >= 15 is 0 Å². The van der Waals surface area contributed by atoms with Crippen molar-refractivity contribution in [2.75, 3.05) is 0 Å². The third-order valence-corrected chi connectivity index (χ3v) is 3.02. The summed E-state index contributed by atoms with van der Waals surface area (Å²) in [5, 5.41) is 3.97. The zero-order chi connectivity index (χ0) is 10.4. The first-order valence-electron chi connectivity index (χ1n) is 4.62. The van der Waals surface area contributed by atoms with Gasteiger partial charge in [0.15, 0.2) is 11.6 Å². The zero-order valence-corrected chi connectivity index (χ0v) is 9.32. The fraction of sp³-hybridized carbons (Fsp3) is 0. The highest BCUT2D eigenvalue weighted by Crippen LogP contribution is 2.28. The third kappa shape index (κ3) is 1.39. The molecule has 0 fully saturated rings. The van der Waals surface area contributed by atoms with E-state index in [1.54, 1.807) is 0 Å². The molecule has 0 saturated heterocycles. The Morgan fingerprint density at radius 1 is 0.933 bits per heavy atom. The van der Waals surface area contributed by atoms with E-state index in [2.05, 4.69) is 4.98 Å². The molecule has 0 atom stereocenters. The van der Waals surface area contributed by atoms with E-state index < -0.39 is 0 Å². The zero-order valence-electron chi connectivity index (χ0n) is 7.75. The molecule has 0 bridgehead atoms. The number of rotatable bonds is 0. The SMILES string of the molecule is Clc1ccc2c(c1)[nH]c1cc([ClH+])ccc12. The van der Waals surface area contributed by atoms with Crippen molar-refractivity contribution in [3.8, 4) is 0 Å². The summed E-state index contributed by atoms with van der Waals surface area (Å²) in [6.07, 6.45) is 0. The first-order chi connectivity index (χ1) is 7.24. The van der Waals surface area contributed by atoms with Gasteiger partial charge < -0.3 is 4.98 Å². The molecule has 0 saturated carbocycles. The van der Waals surface area contributed by atoms with E-state index in [1.807, 2.05) is 36.4 Å². The summed E-state index contributed by atoms with van der Waals surface area (Å²) in [7, 11) is 0. The maximum absolute atomic E-state index is 5.94. The van der Waals surface area contributed by atoms with Crippen molar-refractivity contribution in [2.45, 2.75) is 0 Å². The van der Waals surface area contributed by atoms with E-state index in [0.29, 0.717) is 0 Å². The van der Waals surface area contributed by atoms with Crippen LogP contribution in [0.3, 0.4) is 0 Å². The van der Waals surface area contributed by atoms with Crippen LogP contribution < -0.4 is 0 Å². The monoisotopic (exact) mass is 236 g/mol. The molecule has 0 spiro atoms. The van der Waals surface area contributed by atoms with Crippen molar-refractivity contribution in [3.05, 3.63) is 46.4 Å². The Morgan fingerprint density at radius 2 is 1.60 bits per heavy atom. The lowest BCUT2D eigenvalue weighted by Crippen LogP contribution is -1.69. The first-order valence-corrected chi connectivity index (χ1v) is 5.41. The lowest BCUT2D eigenvalue weighted by atomic mass is 10.1. The van der Waals surface area contributed by atoms with Crippen molar-refractivity contribution >= 4 is 33.4 Å². The maximum Gasteiger partial charge on any atom is 0.227 e. The van der Waals surface area contributed by atoms with E-state index in [9.17, 15) is 0 Å². The van der Waals surface area contributed by atoms with E-state index in [0.717, 1.165) is 21.1 Å². The molecule has 1 nitrogen and oxygen atoms in total. The summed E-state index contributed by atoms with van der Waals surface area (Å²) in [4.78, 5) is 3.31. The fourth-order valence-corrected chi connectivity index (χ4v) is 2.22. The lowest BCUT2D eigenvalue weighted by Gasteiger charge is -1.90. The van der Waals surface area contributed by atoms with Crippen LogP contribution in [0.15, 0.2) is 36.4 Å². The Kier molecular flexibility index (Phi) is 1.91. The molecule has 0 radical (unpaired) electrons. The van der Waals surface area contributed by atoms with Crippen LogP contribution in [-0.2, 0) is 0 Å². The average molecular weight is 237 g/mol. The number of halogens is 2. The molecule has 1 N–H and O–H groups in total. The van der Waals surface area contributed by atoms with Crippen LogP contribution in [0.4, 0.5) is 0 Å². The normalized spacial score (nSPS) is 11.3. The van der Waals surface area contributed by atoms with Gasteiger partial charge in [-0.25, -0.2) is 0 Å². The van der Waals surface area contributed by atoms with Gasteiger partial charge in [-0.15, -0.1) is 0 Å². The molecule has 1 heterocycles. The van der Waals surface area contributed by atoms with Gasteiger partial charge in [0.05, 0.1) is 5.52 Å². The molecule has 0 aliphatic heterocycles. The molecule has 0 unspecified atom stereocenters. The van der Waals surface area contributed by atoms with Crippen molar-refractivity contribution in [1.82, 2.24) is 4.98 Å². The van der Waals surface area contributed by atoms with Crippen LogP contribution in [0.5, 0.6) is 0 Å². The minimum absolute atomic E-state index is 0.743. The van der Waals surface area contributed by atoms with E-state index in [1.165, 1.54) is 10.8 Å². The highest BCUT2D eigenvalue weighted by Gasteiger charge is 2.06. The van der Waals surface area contributed by atoms with Crippen LogP contribution in [0.25, 0.3) is 21.8 Å². The van der Waals surface area contributed by atoms with E-state index in [4.69, 9.17) is 23.2 Å². The topological polar surface area (TPSA) is 15.8 Å². The number of hydrogen-bond donors (Lipinski definition) is 1. The number of hydrogen-bond acceptors (Lipinski definition) is 0. The minimum Gasteiger partial charge on any atom is -0.354 e. The smallest absolute Gasteiger partial charge is 0.227 e. The highest BCUT2D eigenvalue weighted by molar-refractivity contribution is 6.31. The Labute approximate surface area is 96.6 Å². The highest BCUT2D eigenvalue weighted by atomic mass is 35.5. The van der Waals surface area contributed by atoms with Crippen molar-refractivity contribution in [2.24, 2.45) is 0 Å². The van der Waals surface area contributed by atoms with Crippen LogP contribution >= 0.6 is 11.6 Å². The van der Waals surface area contributed by atoms with Gasteiger partial charge in [-0.05, 0) is 18.2 Å². The molecular weight excluding hydrogens is 229 g/mol. The van der Waals surface area contributed by atoms with Gasteiger partial charge in [-0.3, -0.25) is 0 Å². The number of H-pyrrole nitrogens is 1. The second-order valence-corrected chi connectivity index (χ2v) is 4.43. The first kappa shape index (κ1) is 9.08. The summed E-state index contributed by atoms with van der Waals surface area (Å²) >= 11 is 11.1. The van der Waals surface area contributed by atoms with Crippen molar-refractivity contribution in [3.63, 3.8) is 0 Å². The van der Waals surface area contributed by atoms with Gasteiger partial charge >= 0.3 is 0 Å². The molecule has 74 valence electrons. The van der Waals surface area contributed by atoms with Gasteiger partial charge in [0.25, 0.3) is 0 Å². The van der Waals surface area contributed by atoms with Gasteiger partial charge in [-0.2, -0.15) is 0 Å². The molecule has 0 aliphatic rings. The molecule has 0 aliphatic carbocycles. The lowest BCUT2D eigenvalue weighted by molar-refractivity contribution is -0.288. The molecule has 15 heavy (non-hydrogen) atoms. The molecular formula is C12H8Cl2N+. The molecule has 1 aromatic heterocycles. The van der Waals surface area contributed by atoms with Crippen molar-refractivity contribution in [1.29, 1.82) is 0 Å². The summed E-state index contributed by atoms with van der Waals surface area (Å²) in [6.45, 7) is 0. The quantitative estimate of drug-likeness (QED) is 0.614. The standard InChI is InChI=1S/C12H8Cl2N/c13-7-1-3-9-10-4-2-8(14)6-12(10)15-11(9)5-7/h1-6,13,15H/q+1. The molecule has 3 heteroatoms. The Balaban J connectivity index is 2.51. The van der Waals surface area contributed by atoms with Crippen molar-refractivity contribution < 1.29 is 11.6 Å². The molecule has 2 aromatic carbocycles. The fourth-order valence-electron chi connectivity index (χ4n) is 1.86. The van der Waals surface area contributed by atoms with Gasteiger partial charge in [0, 0.05) is 33.4 Å². The van der Waals surface area contributed by atoms with Gasteiger partial charge in [-0.1, -0.05) is 17.7 Å². The summed E-state index contributed by atoms with van der Waals surface area (Å²) in [6, 6.07) is 11.8. The summed E-state index contributed by atoms with van der Waals surface area (Å²) < 4.78 is 0. The van der Waals surface area contributed by atoms with Gasteiger partial charge in [0.2, 0.25) is 5.02 Å². The number of fused-ring (bicyclic) bond motifs is 3. The Bertz CT molecular complexity index is 599. The third-order valence-electron chi connectivity index (χ3n) is 2.53. The van der Waals surface area contributed by atoms with Crippen LogP contribution in [0.1, 0.15) is 0 Å². The summed E-state index contributed by atoms with van der Waals surface area (Å²) in [5.41, 5.74) is 2.12. The second kappa shape index (κ2) is 3.16. The average Bonchev–Trinajstić information content (AvgIpc) is 2.53. The van der Waals surface area contributed by atoms with Gasteiger partial charge in [0.1, 0.15) is 0 Å². The Hall–Kier alpha value is -1.18. The minimum atomic E-state index is 0.743.